The number of fused-ring (bicyclic) bond motifs is 2. The quantitative estimate of drug-likeness (QED) is 0.810. The van der Waals surface area contributed by atoms with Crippen LogP contribution in [0.5, 0.6) is 0 Å². The van der Waals surface area contributed by atoms with Gasteiger partial charge in [0.15, 0.2) is 0 Å². The van der Waals surface area contributed by atoms with E-state index in [0.29, 0.717) is 0 Å². The molecule has 3 heterocycles. The molecule has 0 aromatic heterocycles. The second-order valence-corrected chi connectivity index (χ2v) is 6.93. The zero-order valence-corrected chi connectivity index (χ0v) is 11.0. The van der Waals surface area contributed by atoms with Crippen molar-refractivity contribution in [2.75, 3.05) is 37.7 Å². The van der Waals surface area contributed by atoms with Crippen LogP contribution in [0.1, 0.15) is 25.7 Å². The maximum Gasteiger partial charge on any atom is 0.0120 e. The van der Waals surface area contributed by atoms with E-state index < -0.39 is 0 Å². The van der Waals surface area contributed by atoms with Crippen molar-refractivity contribution in [3.63, 3.8) is 0 Å². The van der Waals surface area contributed by atoms with Crippen molar-refractivity contribution >= 4 is 11.8 Å². The van der Waals surface area contributed by atoms with E-state index in [1.807, 2.05) is 0 Å². The predicted molar refractivity (Wildman–Crippen MR) is 71.0 cm³/mol. The number of hydrogen-bond donors (Lipinski definition) is 1. The van der Waals surface area contributed by atoms with Crippen LogP contribution in [0, 0.1) is 11.8 Å². The van der Waals surface area contributed by atoms with E-state index in [4.69, 9.17) is 0 Å². The van der Waals surface area contributed by atoms with Gasteiger partial charge in [-0.25, -0.2) is 0 Å². The first-order valence-electron chi connectivity index (χ1n) is 6.95. The number of hydrogen-bond acceptors (Lipinski definition) is 3. The molecular formula is C13H24N2S. The van der Waals surface area contributed by atoms with Gasteiger partial charge < -0.3 is 10.2 Å². The van der Waals surface area contributed by atoms with Crippen molar-refractivity contribution in [3.8, 4) is 0 Å². The summed E-state index contributed by atoms with van der Waals surface area (Å²) < 4.78 is 0. The van der Waals surface area contributed by atoms with Gasteiger partial charge in [0.1, 0.15) is 0 Å². The van der Waals surface area contributed by atoms with Crippen LogP contribution in [0.15, 0.2) is 0 Å². The molecule has 3 fully saturated rings. The fourth-order valence-electron chi connectivity index (χ4n) is 3.49. The molecule has 1 N–H and O–H groups in total. The minimum Gasteiger partial charge on any atom is -0.313 e. The summed E-state index contributed by atoms with van der Waals surface area (Å²) in [7, 11) is 0. The van der Waals surface area contributed by atoms with E-state index in [-0.39, 0.29) is 0 Å². The number of thioether (sulfide) groups is 1. The van der Waals surface area contributed by atoms with Crippen LogP contribution in [0.2, 0.25) is 0 Å². The highest BCUT2D eigenvalue weighted by atomic mass is 32.2. The Morgan fingerprint density at radius 3 is 2.75 bits per heavy atom. The second kappa shape index (κ2) is 5.28. The van der Waals surface area contributed by atoms with E-state index >= 15 is 0 Å². The molecule has 3 atom stereocenters. The molecule has 16 heavy (non-hydrogen) atoms. The molecule has 0 aromatic rings. The molecule has 3 heteroatoms. The molecule has 2 nitrogen and oxygen atoms in total. The van der Waals surface area contributed by atoms with Gasteiger partial charge in [0.2, 0.25) is 0 Å². The molecular weight excluding hydrogens is 216 g/mol. The Hall–Kier alpha value is 0.270. The number of nitrogens with zero attached hydrogens (tertiary/aromatic N) is 1. The fourth-order valence-corrected chi connectivity index (χ4v) is 4.69. The Bertz CT molecular complexity index is 228. The maximum absolute atomic E-state index is 3.88. The smallest absolute Gasteiger partial charge is 0.0120 e. The van der Waals surface area contributed by atoms with Gasteiger partial charge in [-0.3, -0.25) is 0 Å². The largest absolute Gasteiger partial charge is 0.313 e. The number of piperidine rings is 1. The molecule has 0 amide bonds. The Morgan fingerprint density at radius 1 is 1.06 bits per heavy atom. The molecule has 3 aliphatic heterocycles. The zero-order chi connectivity index (χ0) is 10.8. The zero-order valence-electron chi connectivity index (χ0n) is 10.2. The predicted octanol–water partition coefficient (Wildman–Crippen LogP) is 1.81. The summed E-state index contributed by atoms with van der Waals surface area (Å²) >= 11 is 2.14. The Labute approximate surface area is 104 Å². The molecule has 92 valence electrons. The van der Waals surface area contributed by atoms with Crippen molar-refractivity contribution in [2.24, 2.45) is 11.8 Å². The van der Waals surface area contributed by atoms with Gasteiger partial charge in [0, 0.05) is 12.6 Å². The van der Waals surface area contributed by atoms with Crippen molar-refractivity contribution in [1.82, 2.24) is 10.2 Å². The third kappa shape index (κ3) is 2.57. The molecule has 0 aromatic carbocycles. The standard InChI is InChI=1S/C13H24N2S/c1-5-15-6-2-13(12(1)10-15)14-9-11-3-7-16-8-4-11/h11-14H,1-10H2. The average molecular weight is 240 g/mol. The van der Waals surface area contributed by atoms with Crippen LogP contribution in [-0.2, 0) is 0 Å². The number of rotatable bonds is 3. The monoisotopic (exact) mass is 240 g/mol. The number of nitrogens with one attached hydrogen (secondary N) is 1. The normalized spacial score (nSPS) is 40.1. The lowest BCUT2D eigenvalue weighted by Crippen LogP contribution is -2.45. The lowest BCUT2D eigenvalue weighted by atomic mass is 9.93. The van der Waals surface area contributed by atoms with Gasteiger partial charge in [0.05, 0.1) is 0 Å². The highest BCUT2D eigenvalue weighted by Gasteiger charge is 2.34. The van der Waals surface area contributed by atoms with E-state index in [2.05, 4.69) is 22.0 Å². The Kier molecular flexibility index (Phi) is 3.75. The van der Waals surface area contributed by atoms with Crippen LogP contribution in [-0.4, -0.2) is 48.6 Å². The summed E-state index contributed by atoms with van der Waals surface area (Å²) in [6, 6.07) is 0.841. The summed E-state index contributed by atoms with van der Waals surface area (Å²) in [6.07, 6.45) is 5.73. The van der Waals surface area contributed by atoms with Gasteiger partial charge in [-0.15, -0.1) is 0 Å². The second-order valence-electron chi connectivity index (χ2n) is 5.71. The third-order valence-electron chi connectivity index (χ3n) is 4.64. The van der Waals surface area contributed by atoms with Gasteiger partial charge in [0.25, 0.3) is 0 Å². The molecule has 3 saturated heterocycles. The van der Waals surface area contributed by atoms with E-state index in [0.717, 1.165) is 17.9 Å². The van der Waals surface area contributed by atoms with Gasteiger partial charge in [-0.05, 0) is 68.7 Å². The minimum atomic E-state index is 0.841. The van der Waals surface area contributed by atoms with Crippen molar-refractivity contribution in [2.45, 2.75) is 31.7 Å². The highest BCUT2D eigenvalue weighted by Crippen LogP contribution is 2.28. The van der Waals surface area contributed by atoms with Crippen LogP contribution in [0.25, 0.3) is 0 Å². The molecule has 0 spiro atoms. The van der Waals surface area contributed by atoms with Gasteiger partial charge >= 0.3 is 0 Å². The van der Waals surface area contributed by atoms with Gasteiger partial charge in [-0.2, -0.15) is 11.8 Å². The molecule has 0 aliphatic carbocycles. The third-order valence-corrected chi connectivity index (χ3v) is 5.69. The van der Waals surface area contributed by atoms with E-state index in [1.165, 1.54) is 63.4 Å². The molecule has 3 rings (SSSR count). The van der Waals surface area contributed by atoms with Crippen molar-refractivity contribution in [1.29, 1.82) is 0 Å². The molecule has 2 bridgehead atoms. The van der Waals surface area contributed by atoms with Crippen LogP contribution >= 0.6 is 11.8 Å². The summed E-state index contributed by atoms with van der Waals surface area (Å²) in [5.41, 5.74) is 0. The fraction of sp³-hybridized carbons (Fsp3) is 1.00. The first-order chi connectivity index (χ1) is 7.92. The van der Waals surface area contributed by atoms with Crippen molar-refractivity contribution < 1.29 is 0 Å². The maximum atomic E-state index is 3.88. The molecule has 0 saturated carbocycles. The first kappa shape index (κ1) is 11.4. The molecule has 3 aliphatic rings. The van der Waals surface area contributed by atoms with E-state index in [9.17, 15) is 0 Å². The summed E-state index contributed by atoms with van der Waals surface area (Å²) in [5.74, 6) is 4.73. The Morgan fingerprint density at radius 2 is 1.88 bits per heavy atom. The highest BCUT2D eigenvalue weighted by molar-refractivity contribution is 7.99. The average Bonchev–Trinajstić information content (AvgIpc) is 2.72. The molecule has 3 unspecified atom stereocenters. The van der Waals surface area contributed by atoms with Crippen LogP contribution in [0.3, 0.4) is 0 Å². The van der Waals surface area contributed by atoms with Crippen LogP contribution in [0.4, 0.5) is 0 Å². The first-order valence-corrected chi connectivity index (χ1v) is 8.11. The molecule has 0 radical (unpaired) electrons. The SMILES string of the molecule is C1CC(CNC2CCN3CCC2C3)CCS1. The van der Waals surface area contributed by atoms with E-state index in [1.54, 1.807) is 0 Å². The summed E-state index contributed by atoms with van der Waals surface area (Å²) in [5, 5.41) is 3.88. The topological polar surface area (TPSA) is 15.3 Å². The van der Waals surface area contributed by atoms with Crippen LogP contribution < -0.4 is 5.32 Å². The summed E-state index contributed by atoms with van der Waals surface area (Å²) in [4.78, 5) is 2.64. The van der Waals surface area contributed by atoms with Crippen molar-refractivity contribution in [3.05, 3.63) is 0 Å². The lowest BCUT2D eigenvalue weighted by molar-refractivity contribution is 0.214. The van der Waals surface area contributed by atoms with Gasteiger partial charge in [-0.1, -0.05) is 0 Å². The lowest BCUT2D eigenvalue weighted by Gasteiger charge is -2.33. The Balaban J connectivity index is 1.43. The minimum absolute atomic E-state index is 0.841. The summed E-state index contributed by atoms with van der Waals surface area (Å²) in [6.45, 7) is 5.37.